The van der Waals surface area contributed by atoms with Gasteiger partial charge >= 0.3 is 6.47 Å². The second kappa shape index (κ2) is 6.93. The van der Waals surface area contributed by atoms with Crippen LogP contribution >= 0.6 is 0 Å². The molecule has 2 rings (SSSR count). The number of hydrogen-bond acceptors (Lipinski definition) is 2. The van der Waals surface area contributed by atoms with E-state index in [1.807, 2.05) is 24.3 Å². The normalized spacial score (nSPS) is 12.3. The fraction of sp³-hybridized carbons (Fsp3) is 0.353. The first kappa shape index (κ1) is 13.6. The third-order valence-electron chi connectivity index (χ3n) is 3.43. The van der Waals surface area contributed by atoms with Crippen molar-refractivity contribution in [1.29, 1.82) is 0 Å². The van der Waals surface area contributed by atoms with E-state index in [1.54, 1.807) is 6.47 Å². The molecule has 1 unspecified atom stereocenters. The summed E-state index contributed by atoms with van der Waals surface area (Å²) in [5, 5.41) is 2.33. The third kappa shape index (κ3) is 3.34. The third-order valence-corrected chi connectivity index (χ3v) is 3.43. The van der Waals surface area contributed by atoms with E-state index in [-0.39, 0.29) is 6.10 Å². The molecule has 0 saturated heterocycles. The maximum atomic E-state index is 10.6. The molecule has 2 aromatic carbocycles. The summed E-state index contributed by atoms with van der Waals surface area (Å²) >= 11 is 0. The Kier molecular flexibility index (Phi) is 4.96. The molecule has 1 radical (unpaired) electrons. The lowest BCUT2D eigenvalue weighted by molar-refractivity contribution is 0.167. The molecule has 0 aliphatic carbocycles. The average Bonchev–Trinajstić information content (AvgIpc) is 2.46. The number of unbranched alkanes of at least 4 members (excludes halogenated alkanes) is 2. The van der Waals surface area contributed by atoms with Crippen molar-refractivity contribution < 1.29 is 9.53 Å². The Labute approximate surface area is 114 Å². The minimum absolute atomic E-state index is 0.185. The van der Waals surface area contributed by atoms with Crippen molar-refractivity contribution in [3.8, 4) is 0 Å². The average molecular weight is 255 g/mol. The Morgan fingerprint density at radius 2 is 1.89 bits per heavy atom. The lowest BCUT2D eigenvalue weighted by Gasteiger charge is -2.17. The minimum Gasteiger partial charge on any atom is -0.449 e. The lowest BCUT2D eigenvalue weighted by atomic mass is 9.97. The molecule has 0 N–H and O–H groups in total. The van der Waals surface area contributed by atoms with Crippen molar-refractivity contribution in [2.24, 2.45) is 0 Å². The maximum Gasteiger partial charge on any atom is 0.418 e. The van der Waals surface area contributed by atoms with Gasteiger partial charge in [0.05, 0.1) is 0 Å². The largest absolute Gasteiger partial charge is 0.449 e. The van der Waals surface area contributed by atoms with Crippen LogP contribution in [0.2, 0.25) is 0 Å². The van der Waals surface area contributed by atoms with Crippen LogP contribution in [-0.4, -0.2) is 6.47 Å². The molecule has 0 aromatic heterocycles. The van der Waals surface area contributed by atoms with Gasteiger partial charge in [0.25, 0.3) is 0 Å². The van der Waals surface area contributed by atoms with Crippen LogP contribution in [0.5, 0.6) is 0 Å². The standard InChI is InChI=1S/C17H19O2/c1-2-3-4-12-17(19-13-18)16-11-7-9-14-8-5-6-10-15(14)16/h5-11,17H,2-4,12H2,1H3. The summed E-state index contributed by atoms with van der Waals surface area (Å²) in [5.41, 5.74) is 1.08. The Bertz CT molecular complexity index is 528. The van der Waals surface area contributed by atoms with Crippen LogP contribution in [0.25, 0.3) is 10.8 Å². The highest BCUT2D eigenvalue weighted by molar-refractivity contribution is 5.86. The Morgan fingerprint density at radius 1 is 1.11 bits per heavy atom. The van der Waals surface area contributed by atoms with E-state index < -0.39 is 0 Å². The topological polar surface area (TPSA) is 26.3 Å². The highest BCUT2D eigenvalue weighted by Crippen LogP contribution is 2.29. The van der Waals surface area contributed by atoms with Crippen LogP contribution in [0, 0.1) is 0 Å². The van der Waals surface area contributed by atoms with E-state index in [1.165, 1.54) is 5.39 Å². The van der Waals surface area contributed by atoms with Gasteiger partial charge in [-0.15, -0.1) is 0 Å². The fourth-order valence-electron chi connectivity index (χ4n) is 2.45. The van der Waals surface area contributed by atoms with Gasteiger partial charge in [0.1, 0.15) is 6.10 Å². The number of carbonyl (C=O) groups excluding carboxylic acids is 1. The molecule has 1 atom stereocenters. The molecule has 2 heteroatoms. The summed E-state index contributed by atoms with van der Waals surface area (Å²) in [7, 11) is 0. The Morgan fingerprint density at radius 3 is 2.68 bits per heavy atom. The van der Waals surface area contributed by atoms with Crippen LogP contribution < -0.4 is 0 Å². The van der Waals surface area contributed by atoms with E-state index >= 15 is 0 Å². The summed E-state index contributed by atoms with van der Waals surface area (Å²) < 4.78 is 5.18. The number of fused-ring (bicyclic) bond motifs is 1. The first-order chi connectivity index (χ1) is 9.36. The highest BCUT2D eigenvalue weighted by Gasteiger charge is 2.15. The zero-order chi connectivity index (χ0) is 13.5. The highest BCUT2D eigenvalue weighted by atomic mass is 16.5. The van der Waals surface area contributed by atoms with E-state index in [0.717, 1.165) is 36.6 Å². The fourth-order valence-corrected chi connectivity index (χ4v) is 2.45. The second-order valence-corrected chi connectivity index (χ2v) is 4.75. The van der Waals surface area contributed by atoms with Crippen molar-refractivity contribution in [3.05, 3.63) is 48.0 Å². The molecule has 0 fully saturated rings. The molecular formula is C17H19O2. The number of hydrogen-bond donors (Lipinski definition) is 0. The van der Waals surface area contributed by atoms with Crippen molar-refractivity contribution in [1.82, 2.24) is 0 Å². The number of ether oxygens (including phenoxy) is 1. The predicted octanol–water partition coefficient (Wildman–Crippen LogP) is 4.55. The lowest BCUT2D eigenvalue weighted by Crippen LogP contribution is -2.04. The van der Waals surface area contributed by atoms with Crippen molar-refractivity contribution in [3.63, 3.8) is 0 Å². The molecule has 0 aliphatic heterocycles. The summed E-state index contributed by atoms with van der Waals surface area (Å²) in [4.78, 5) is 10.6. The van der Waals surface area contributed by atoms with Gasteiger partial charge in [0, 0.05) is 5.56 Å². The van der Waals surface area contributed by atoms with Gasteiger partial charge in [-0.1, -0.05) is 62.2 Å². The van der Waals surface area contributed by atoms with Gasteiger partial charge in [-0.05, 0) is 23.6 Å². The monoisotopic (exact) mass is 255 g/mol. The summed E-state index contributed by atoms with van der Waals surface area (Å²) in [6, 6.07) is 14.3. The molecule has 2 aromatic rings. The zero-order valence-electron chi connectivity index (χ0n) is 11.3. The van der Waals surface area contributed by atoms with Crippen LogP contribution in [0.15, 0.2) is 42.5 Å². The van der Waals surface area contributed by atoms with E-state index in [2.05, 4.69) is 25.1 Å². The van der Waals surface area contributed by atoms with Crippen molar-refractivity contribution in [2.75, 3.05) is 0 Å². The van der Waals surface area contributed by atoms with Gasteiger partial charge in [-0.2, -0.15) is 0 Å². The second-order valence-electron chi connectivity index (χ2n) is 4.75. The van der Waals surface area contributed by atoms with Gasteiger partial charge in [-0.3, -0.25) is 0 Å². The smallest absolute Gasteiger partial charge is 0.418 e. The molecule has 99 valence electrons. The quantitative estimate of drug-likeness (QED) is 0.679. The maximum absolute atomic E-state index is 10.6. The number of benzene rings is 2. The van der Waals surface area contributed by atoms with Crippen LogP contribution in [0.3, 0.4) is 0 Å². The summed E-state index contributed by atoms with van der Waals surface area (Å²) in [5.74, 6) is 0. The van der Waals surface area contributed by atoms with Crippen LogP contribution in [-0.2, 0) is 9.53 Å². The van der Waals surface area contributed by atoms with Gasteiger partial charge in [0.2, 0.25) is 0 Å². The molecule has 0 saturated carbocycles. The van der Waals surface area contributed by atoms with Crippen molar-refractivity contribution >= 4 is 17.2 Å². The summed E-state index contributed by atoms with van der Waals surface area (Å²) in [6.45, 7) is 3.77. The molecule has 0 heterocycles. The van der Waals surface area contributed by atoms with Crippen LogP contribution in [0.4, 0.5) is 0 Å². The number of rotatable bonds is 7. The Balaban J connectivity index is 2.29. The minimum atomic E-state index is -0.185. The molecule has 19 heavy (non-hydrogen) atoms. The molecular weight excluding hydrogens is 236 g/mol. The zero-order valence-corrected chi connectivity index (χ0v) is 11.3. The summed E-state index contributed by atoms with van der Waals surface area (Å²) in [6.07, 6.45) is 4.05. The first-order valence-electron chi connectivity index (χ1n) is 6.87. The van der Waals surface area contributed by atoms with Gasteiger partial charge < -0.3 is 4.74 Å². The molecule has 0 amide bonds. The first-order valence-corrected chi connectivity index (χ1v) is 6.87. The SMILES string of the molecule is CCCCCC(O[C]=O)c1cccc2ccccc12. The molecule has 0 aliphatic rings. The van der Waals surface area contributed by atoms with Crippen molar-refractivity contribution in [2.45, 2.75) is 38.7 Å². The molecule has 0 spiro atoms. The van der Waals surface area contributed by atoms with Gasteiger partial charge in [-0.25, -0.2) is 4.79 Å². The predicted molar refractivity (Wildman–Crippen MR) is 77.6 cm³/mol. The molecule has 0 bridgehead atoms. The van der Waals surface area contributed by atoms with E-state index in [9.17, 15) is 4.79 Å². The van der Waals surface area contributed by atoms with Crippen LogP contribution in [0.1, 0.15) is 44.3 Å². The molecule has 2 nitrogen and oxygen atoms in total. The Hall–Kier alpha value is -1.83. The van der Waals surface area contributed by atoms with E-state index in [0.29, 0.717) is 0 Å². The van der Waals surface area contributed by atoms with E-state index in [4.69, 9.17) is 4.74 Å². The van der Waals surface area contributed by atoms with Gasteiger partial charge in [0.15, 0.2) is 0 Å².